The third-order valence-electron chi connectivity index (χ3n) is 3.12. The quantitative estimate of drug-likeness (QED) is 0.866. The lowest BCUT2D eigenvalue weighted by Gasteiger charge is -2.30. The van der Waals surface area contributed by atoms with E-state index in [-0.39, 0.29) is 24.3 Å². The van der Waals surface area contributed by atoms with Crippen LogP contribution in [0.2, 0.25) is 0 Å². The fourth-order valence-electron chi connectivity index (χ4n) is 2.01. The van der Waals surface area contributed by atoms with Crippen molar-refractivity contribution in [3.63, 3.8) is 0 Å². The summed E-state index contributed by atoms with van der Waals surface area (Å²) >= 11 is 0. The molecule has 0 aliphatic carbocycles. The largest absolute Gasteiger partial charge is 0.482 e. The molecule has 0 unspecified atom stereocenters. The van der Waals surface area contributed by atoms with Crippen molar-refractivity contribution in [1.29, 1.82) is 0 Å². The second-order valence-corrected chi connectivity index (χ2v) is 5.55. The summed E-state index contributed by atoms with van der Waals surface area (Å²) in [5.41, 5.74) is 2.20. The lowest BCUT2D eigenvalue weighted by Crippen LogP contribution is -2.39. The third-order valence-corrected chi connectivity index (χ3v) is 3.12. The summed E-state index contributed by atoms with van der Waals surface area (Å²) in [6.07, 6.45) is 0. The highest BCUT2D eigenvalue weighted by atomic mass is 16.5. The van der Waals surface area contributed by atoms with Gasteiger partial charge in [-0.3, -0.25) is 9.59 Å². The maximum atomic E-state index is 12.0. The number of ether oxygens (including phenoxy) is 1. The first-order valence-electron chi connectivity index (χ1n) is 6.91. The summed E-state index contributed by atoms with van der Waals surface area (Å²) in [6, 6.07) is 5.30. The average Bonchev–Trinajstić information content (AvgIpc) is 2.41. The minimum Gasteiger partial charge on any atom is -0.482 e. The van der Waals surface area contributed by atoms with Gasteiger partial charge >= 0.3 is 0 Å². The molecule has 1 aromatic carbocycles. The maximum Gasteiger partial charge on any atom is 0.265 e. The van der Waals surface area contributed by atoms with E-state index in [1.165, 1.54) is 0 Å². The lowest BCUT2D eigenvalue weighted by molar-refractivity contribution is -0.121. The smallest absolute Gasteiger partial charge is 0.265 e. The van der Waals surface area contributed by atoms with E-state index in [1.807, 2.05) is 20.8 Å². The van der Waals surface area contributed by atoms with Gasteiger partial charge in [-0.1, -0.05) is 26.0 Å². The van der Waals surface area contributed by atoms with E-state index in [4.69, 9.17) is 4.74 Å². The summed E-state index contributed by atoms with van der Waals surface area (Å²) in [6.45, 7) is 9.84. The highest BCUT2D eigenvalue weighted by molar-refractivity contribution is 6.00. The van der Waals surface area contributed by atoms with Crippen LogP contribution < -0.4 is 15.0 Å². The van der Waals surface area contributed by atoms with Gasteiger partial charge in [-0.25, -0.2) is 0 Å². The van der Waals surface area contributed by atoms with Gasteiger partial charge in [-0.15, -0.1) is 0 Å². The number of nitrogens with zero attached hydrogens (tertiary/aromatic N) is 1. The topological polar surface area (TPSA) is 58.6 Å². The number of anilines is 2. The Balaban J connectivity index is 2.31. The molecule has 21 heavy (non-hydrogen) atoms. The van der Waals surface area contributed by atoms with Crippen molar-refractivity contribution in [2.75, 3.05) is 23.4 Å². The van der Waals surface area contributed by atoms with Crippen molar-refractivity contribution in [2.24, 2.45) is 5.92 Å². The average molecular weight is 288 g/mol. The second kappa shape index (κ2) is 5.99. The minimum atomic E-state index is -0.113. The maximum absolute atomic E-state index is 12.0. The molecule has 1 N–H and O–H groups in total. The number of carbonyl (C=O) groups excluding carboxylic acids is 2. The fraction of sp³-hybridized carbons (Fsp3) is 0.375. The zero-order valence-corrected chi connectivity index (χ0v) is 12.6. The van der Waals surface area contributed by atoms with E-state index < -0.39 is 0 Å². The standard InChI is InChI=1S/C16H20N2O3/c1-10(2)8-18-13-7-12(17-16(20)11(3)4)5-6-14(13)21-9-15(18)19/h5-7,11H,1,8-9H2,2-4H3,(H,17,20). The molecule has 2 rings (SSSR count). The number of benzene rings is 1. The molecule has 0 atom stereocenters. The van der Waals surface area contributed by atoms with Crippen molar-refractivity contribution >= 4 is 23.2 Å². The molecule has 1 aliphatic heterocycles. The highest BCUT2D eigenvalue weighted by Gasteiger charge is 2.25. The number of amides is 2. The van der Waals surface area contributed by atoms with Crippen LogP contribution in [0.4, 0.5) is 11.4 Å². The molecular formula is C16H20N2O3. The van der Waals surface area contributed by atoms with Crippen LogP contribution in [0.25, 0.3) is 0 Å². The van der Waals surface area contributed by atoms with E-state index in [0.29, 0.717) is 23.7 Å². The Labute approximate surface area is 124 Å². The number of hydrogen-bond donors (Lipinski definition) is 1. The molecular weight excluding hydrogens is 268 g/mol. The number of nitrogens with one attached hydrogen (secondary N) is 1. The van der Waals surface area contributed by atoms with Crippen LogP contribution in [0.15, 0.2) is 30.4 Å². The van der Waals surface area contributed by atoms with Gasteiger partial charge in [0.15, 0.2) is 6.61 Å². The monoisotopic (exact) mass is 288 g/mol. The minimum absolute atomic E-state index is 0.0258. The first-order valence-corrected chi connectivity index (χ1v) is 6.91. The van der Waals surface area contributed by atoms with Crippen LogP contribution in [0.1, 0.15) is 20.8 Å². The first-order chi connectivity index (χ1) is 9.88. The predicted molar refractivity (Wildman–Crippen MR) is 82.6 cm³/mol. The molecule has 5 heteroatoms. The van der Waals surface area contributed by atoms with Crippen molar-refractivity contribution in [2.45, 2.75) is 20.8 Å². The Kier molecular flexibility index (Phi) is 4.31. The van der Waals surface area contributed by atoms with Crippen molar-refractivity contribution in [3.05, 3.63) is 30.4 Å². The Bertz CT molecular complexity index is 593. The van der Waals surface area contributed by atoms with Crippen LogP contribution in [0.3, 0.4) is 0 Å². The summed E-state index contributed by atoms with van der Waals surface area (Å²) in [7, 11) is 0. The van der Waals surface area contributed by atoms with Crippen molar-refractivity contribution in [1.82, 2.24) is 0 Å². The highest BCUT2D eigenvalue weighted by Crippen LogP contribution is 2.35. The predicted octanol–water partition coefficient (Wildman–Crippen LogP) is 2.58. The fourth-order valence-corrected chi connectivity index (χ4v) is 2.01. The molecule has 1 aromatic rings. The molecule has 2 amide bonds. The molecule has 0 saturated heterocycles. The summed E-state index contributed by atoms with van der Waals surface area (Å²) in [5.74, 6) is 0.353. The van der Waals surface area contributed by atoms with Crippen LogP contribution in [-0.2, 0) is 9.59 Å². The number of rotatable bonds is 4. The Morgan fingerprint density at radius 3 is 2.81 bits per heavy atom. The summed E-state index contributed by atoms with van der Waals surface area (Å²) in [5, 5.41) is 2.83. The van der Waals surface area contributed by atoms with E-state index >= 15 is 0 Å². The Morgan fingerprint density at radius 1 is 1.48 bits per heavy atom. The van der Waals surface area contributed by atoms with Crippen LogP contribution >= 0.6 is 0 Å². The number of fused-ring (bicyclic) bond motifs is 1. The zero-order chi connectivity index (χ0) is 15.6. The number of carbonyl (C=O) groups is 2. The summed E-state index contributed by atoms with van der Waals surface area (Å²) in [4.78, 5) is 25.4. The number of hydrogen-bond acceptors (Lipinski definition) is 3. The molecule has 5 nitrogen and oxygen atoms in total. The van der Waals surface area contributed by atoms with Gasteiger partial charge in [0.1, 0.15) is 5.75 Å². The van der Waals surface area contributed by atoms with Crippen LogP contribution in [-0.4, -0.2) is 25.0 Å². The molecule has 0 spiro atoms. The normalized spacial score (nSPS) is 13.7. The molecule has 0 aromatic heterocycles. The van der Waals surface area contributed by atoms with Gasteiger partial charge in [0.25, 0.3) is 5.91 Å². The van der Waals surface area contributed by atoms with Gasteiger partial charge in [0, 0.05) is 18.2 Å². The summed E-state index contributed by atoms with van der Waals surface area (Å²) < 4.78 is 5.42. The van der Waals surface area contributed by atoms with Crippen LogP contribution in [0.5, 0.6) is 5.75 Å². The van der Waals surface area contributed by atoms with Gasteiger partial charge in [-0.05, 0) is 25.1 Å². The molecule has 0 fully saturated rings. The van der Waals surface area contributed by atoms with E-state index in [2.05, 4.69) is 11.9 Å². The molecule has 0 radical (unpaired) electrons. The van der Waals surface area contributed by atoms with E-state index in [1.54, 1.807) is 23.1 Å². The first kappa shape index (κ1) is 15.1. The van der Waals surface area contributed by atoms with Gasteiger partial charge in [0.05, 0.1) is 5.69 Å². The molecule has 1 aliphatic rings. The van der Waals surface area contributed by atoms with Crippen molar-refractivity contribution < 1.29 is 14.3 Å². The third kappa shape index (κ3) is 3.42. The van der Waals surface area contributed by atoms with Crippen LogP contribution in [0, 0.1) is 5.92 Å². The Morgan fingerprint density at radius 2 is 2.19 bits per heavy atom. The lowest BCUT2D eigenvalue weighted by atomic mass is 10.1. The van der Waals surface area contributed by atoms with Gasteiger partial charge < -0.3 is 15.0 Å². The molecule has 0 bridgehead atoms. The second-order valence-electron chi connectivity index (χ2n) is 5.55. The molecule has 1 heterocycles. The van der Waals surface area contributed by atoms with E-state index in [9.17, 15) is 9.59 Å². The van der Waals surface area contributed by atoms with Crippen molar-refractivity contribution in [3.8, 4) is 5.75 Å². The molecule has 0 saturated carbocycles. The Hall–Kier alpha value is -2.30. The SMILES string of the molecule is C=C(C)CN1C(=O)COc2ccc(NC(=O)C(C)C)cc21. The van der Waals surface area contributed by atoms with E-state index in [0.717, 1.165) is 5.57 Å². The van der Waals surface area contributed by atoms with Gasteiger partial charge in [0.2, 0.25) is 5.91 Å². The molecule has 112 valence electrons. The van der Waals surface area contributed by atoms with Gasteiger partial charge in [-0.2, -0.15) is 0 Å². The zero-order valence-electron chi connectivity index (χ0n) is 12.6.